The maximum absolute atomic E-state index is 13.7. The third-order valence-corrected chi connectivity index (χ3v) is 3.44. The van der Waals surface area contributed by atoms with Crippen molar-refractivity contribution in [2.24, 2.45) is 0 Å². The number of rotatable bonds is 0. The molecule has 1 aromatic heterocycles. The van der Waals surface area contributed by atoms with Gasteiger partial charge in [0.1, 0.15) is 5.82 Å². The molecule has 2 heterocycles. The van der Waals surface area contributed by atoms with Crippen molar-refractivity contribution < 1.29 is 4.39 Å². The van der Waals surface area contributed by atoms with Crippen molar-refractivity contribution in [2.45, 2.75) is 25.8 Å². The normalized spacial score (nSPS) is 18.7. The number of aromatic nitrogens is 1. The van der Waals surface area contributed by atoms with Gasteiger partial charge in [0.2, 0.25) is 0 Å². The van der Waals surface area contributed by atoms with E-state index in [1.165, 1.54) is 17.3 Å². The van der Waals surface area contributed by atoms with Gasteiger partial charge in [-0.15, -0.1) is 0 Å². The molecule has 16 heavy (non-hydrogen) atoms. The summed E-state index contributed by atoms with van der Waals surface area (Å²) in [6.07, 6.45) is 0. The highest BCUT2D eigenvalue weighted by atomic mass is 19.1. The van der Waals surface area contributed by atoms with Crippen LogP contribution in [0.1, 0.15) is 25.1 Å². The van der Waals surface area contributed by atoms with E-state index in [-0.39, 0.29) is 11.2 Å². The second-order valence-corrected chi connectivity index (χ2v) is 5.13. The van der Waals surface area contributed by atoms with Crippen molar-refractivity contribution in [3.63, 3.8) is 0 Å². The Hall–Kier alpha value is -1.35. The lowest BCUT2D eigenvalue weighted by molar-refractivity contribution is 0.427. The molecule has 0 amide bonds. The van der Waals surface area contributed by atoms with E-state index in [1.807, 2.05) is 6.07 Å². The first-order valence-electron chi connectivity index (χ1n) is 5.60. The van der Waals surface area contributed by atoms with Crippen LogP contribution in [-0.4, -0.2) is 11.5 Å². The minimum atomic E-state index is -0.164. The molecule has 1 aliphatic heterocycles. The summed E-state index contributed by atoms with van der Waals surface area (Å²) in [5, 5.41) is 4.40. The molecule has 1 aliphatic rings. The van der Waals surface area contributed by atoms with Gasteiger partial charge in [-0.05, 0) is 11.6 Å². The molecule has 0 fully saturated rings. The topological polar surface area (TPSA) is 27.8 Å². The van der Waals surface area contributed by atoms with Crippen LogP contribution in [0.3, 0.4) is 0 Å². The standard InChI is InChI=1S/C13H15FN2/c1-13(2)7-15-6-9-8-4-3-5-10(14)11(8)16-12(9)13/h3-5,15-16H,6-7H2,1-2H3. The number of fused-ring (bicyclic) bond motifs is 3. The average molecular weight is 218 g/mol. The van der Waals surface area contributed by atoms with Crippen LogP contribution in [0.5, 0.6) is 0 Å². The first-order chi connectivity index (χ1) is 7.59. The highest BCUT2D eigenvalue weighted by Gasteiger charge is 2.30. The highest BCUT2D eigenvalue weighted by molar-refractivity contribution is 5.85. The molecule has 0 unspecified atom stereocenters. The monoisotopic (exact) mass is 218 g/mol. The third-order valence-electron chi connectivity index (χ3n) is 3.44. The molecule has 2 N–H and O–H groups in total. The molecule has 0 saturated heterocycles. The van der Waals surface area contributed by atoms with Gasteiger partial charge < -0.3 is 10.3 Å². The summed E-state index contributed by atoms with van der Waals surface area (Å²) < 4.78 is 13.7. The summed E-state index contributed by atoms with van der Waals surface area (Å²) in [4.78, 5) is 3.26. The zero-order chi connectivity index (χ0) is 11.3. The first kappa shape index (κ1) is 9.85. The van der Waals surface area contributed by atoms with Gasteiger partial charge >= 0.3 is 0 Å². The lowest BCUT2D eigenvalue weighted by atomic mass is 9.84. The Morgan fingerprint density at radius 1 is 1.31 bits per heavy atom. The minimum Gasteiger partial charge on any atom is -0.355 e. The fraction of sp³-hybridized carbons (Fsp3) is 0.385. The van der Waals surface area contributed by atoms with Crippen molar-refractivity contribution in [3.05, 3.63) is 35.3 Å². The molecule has 0 aliphatic carbocycles. The zero-order valence-electron chi connectivity index (χ0n) is 9.52. The molecular formula is C13H15FN2. The second-order valence-electron chi connectivity index (χ2n) is 5.13. The molecule has 3 rings (SSSR count). The number of H-pyrrole nitrogens is 1. The van der Waals surface area contributed by atoms with Crippen LogP contribution in [0.2, 0.25) is 0 Å². The minimum absolute atomic E-state index is 0.0407. The van der Waals surface area contributed by atoms with E-state index in [0.29, 0.717) is 5.52 Å². The fourth-order valence-electron chi connectivity index (χ4n) is 2.59. The molecule has 0 bridgehead atoms. The SMILES string of the molecule is CC1(C)CNCc2c1[nH]c1c(F)cccc21. The predicted octanol–water partition coefficient (Wildman–Crippen LogP) is 2.69. The van der Waals surface area contributed by atoms with Crippen LogP contribution in [0, 0.1) is 5.82 Å². The van der Waals surface area contributed by atoms with Crippen LogP contribution in [0.4, 0.5) is 4.39 Å². The molecule has 1 aromatic carbocycles. The van der Waals surface area contributed by atoms with Crippen molar-refractivity contribution in [1.29, 1.82) is 0 Å². The van der Waals surface area contributed by atoms with Crippen molar-refractivity contribution in [1.82, 2.24) is 10.3 Å². The van der Waals surface area contributed by atoms with E-state index in [1.54, 1.807) is 6.07 Å². The van der Waals surface area contributed by atoms with Gasteiger partial charge in [0.05, 0.1) is 5.52 Å². The molecule has 0 atom stereocenters. The van der Waals surface area contributed by atoms with E-state index >= 15 is 0 Å². The van der Waals surface area contributed by atoms with Crippen LogP contribution >= 0.6 is 0 Å². The highest BCUT2D eigenvalue weighted by Crippen LogP contribution is 2.34. The van der Waals surface area contributed by atoms with Crippen molar-refractivity contribution >= 4 is 10.9 Å². The predicted molar refractivity (Wildman–Crippen MR) is 63.0 cm³/mol. The number of halogens is 1. The number of nitrogens with one attached hydrogen (secondary N) is 2. The quantitative estimate of drug-likeness (QED) is 0.699. The van der Waals surface area contributed by atoms with E-state index in [4.69, 9.17) is 0 Å². The number of hydrogen-bond acceptors (Lipinski definition) is 1. The number of aromatic amines is 1. The number of para-hydroxylation sites is 1. The van der Waals surface area contributed by atoms with E-state index in [9.17, 15) is 4.39 Å². The molecule has 0 radical (unpaired) electrons. The first-order valence-corrected chi connectivity index (χ1v) is 5.60. The van der Waals surface area contributed by atoms with Crippen LogP contribution in [-0.2, 0) is 12.0 Å². The lowest BCUT2D eigenvalue weighted by Gasteiger charge is -2.30. The molecule has 0 spiro atoms. The van der Waals surface area contributed by atoms with Crippen LogP contribution < -0.4 is 5.32 Å². The van der Waals surface area contributed by atoms with Gasteiger partial charge in [-0.25, -0.2) is 4.39 Å². The molecule has 84 valence electrons. The molecule has 2 aromatic rings. The fourth-order valence-corrected chi connectivity index (χ4v) is 2.59. The Kier molecular flexibility index (Phi) is 1.89. The van der Waals surface area contributed by atoms with Crippen LogP contribution in [0.15, 0.2) is 18.2 Å². The van der Waals surface area contributed by atoms with Crippen molar-refractivity contribution in [3.8, 4) is 0 Å². The largest absolute Gasteiger partial charge is 0.355 e. The zero-order valence-corrected chi connectivity index (χ0v) is 9.52. The number of hydrogen-bond donors (Lipinski definition) is 2. The Morgan fingerprint density at radius 2 is 2.12 bits per heavy atom. The smallest absolute Gasteiger partial charge is 0.147 e. The molecule has 3 heteroatoms. The molecule has 0 saturated carbocycles. The van der Waals surface area contributed by atoms with Crippen LogP contribution in [0.25, 0.3) is 10.9 Å². The summed E-state index contributed by atoms with van der Waals surface area (Å²) in [5.41, 5.74) is 3.07. The summed E-state index contributed by atoms with van der Waals surface area (Å²) in [6.45, 7) is 6.09. The second kappa shape index (κ2) is 3.08. The summed E-state index contributed by atoms with van der Waals surface area (Å²) in [7, 11) is 0. The molecular weight excluding hydrogens is 203 g/mol. The van der Waals surface area contributed by atoms with Gasteiger partial charge in [-0.2, -0.15) is 0 Å². The Balaban J connectivity index is 2.37. The third kappa shape index (κ3) is 1.21. The Labute approximate surface area is 93.9 Å². The lowest BCUT2D eigenvalue weighted by Crippen LogP contribution is -2.38. The van der Waals surface area contributed by atoms with E-state index in [2.05, 4.69) is 24.1 Å². The maximum Gasteiger partial charge on any atom is 0.147 e. The van der Waals surface area contributed by atoms with Crippen molar-refractivity contribution in [2.75, 3.05) is 6.54 Å². The summed E-state index contributed by atoms with van der Waals surface area (Å²) in [6, 6.07) is 5.26. The van der Waals surface area contributed by atoms with Gasteiger partial charge in [-0.1, -0.05) is 26.0 Å². The van der Waals surface area contributed by atoms with E-state index in [0.717, 1.165) is 18.5 Å². The number of benzene rings is 1. The van der Waals surface area contributed by atoms with Gasteiger partial charge in [0, 0.05) is 29.6 Å². The van der Waals surface area contributed by atoms with E-state index < -0.39 is 0 Å². The van der Waals surface area contributed by atoms with Gasteiger partial charge in [0.15, 0.2) is 0 Å². The molecule has 2 nitrogen and oxygen atoms in total. The Morgan fingerprint density at radius 3 is 2.94 bits per heavy atom. The summed E-state index contributed by atoms with van der Waals surface area (Å²) >= 11 is 0. The summed E-state index contributed by atoms with van der Waals surface area (Å²) in [5.74, 6) is -0.164. The maximum atomic E-state index is 13.7. The van der Waals surface area contributed by atoms with Gasteiger partial charge in [-0.3, -0.25) is 0 Å². The average Bonchev–Trinajstić information content (AvgIpc) is 2.60. The Bertz CT molecular complexity index is 554. The van der Waals surface area contributed by atoms with Gasteiger partial charge in [0.25, 0.3) is 0 Å².